The third-order valence-corrected chi connectivity index (χ3v) is 2.25. The van der Waals surface area contributed by atoms with Gasteiger partial charge in [0.1, 0.15) is 5.84 Å². The highest BCUT2D eigenvalue weighted by molar-refractivity contribution is 5.92. The Bertz CT molecular complexity index is 391. The van der Waals surface area contributed by atoms with E-state index in [0.29, 0.717) is 19.7 Å². The first kappa shape index (κ1) is 13.9. The number of ether oxygens (including phenoxy) is 1. The van der Waals surface area contributed by atoms with E-state index < -0.39 is 0 Å². The minimum absolute atomic E-state index is 0.0605. The molecule has 1 aromatic rings. The van der Waals surface area contributed by atoms with Crippen molar-refractivity contribution in [3.8, 4) is 0 Å². The summed E-state index contributed by atoms with van der Waals surface area (Å²) >= 11 is 0. The second-order valence-electron chi connectivity index (χ2n) is 3.48. The molecular weight excluding hydrogens is 240 g/mol. The van der Waals surface area contributed by atoms with Gasteiger partial charge in [-0.1, -0.05) is 5.16 Å². The summed E-state index contributed by atoms with van der Waals surface area (Å²) in [6.07, 6.45) is 1.61. The van der Waals surface area contributed by atoms with E-state index in [1.165, 1.54) is 11.1 Å². The first-order valence-corrected chi connectivity index (χ1v) is 5.29. The molecular formula is C9H16N6O3. The largest absolute Gasteiger partial charge is 0.409 e. The molecule has 0 atom stereocenters. The van der Waals surface area contributed by atoms with Crippen molar-refractivity contribution in [1.29, 1.82) is 0 Å². The first-order valence-electron chi connectivity index (χ1n) is 5.29. The summed E-state index contributed by atoms with van der Waals surface area (Å²) in [5.41, 5.74) is 5.58. The standard InChI is InChI=1S/C9H16N6O3/c1-18-5-4-15(3-2-8(10)13-17)9(16)7-6-11-14-12-7/h6,17H,2-5H2,1H3,(H2,10,13)(H,11,12,14). The van der Waals surface area contributed by atoms with Gasteiger partial charge in [-0.15, -0.1) is 0 Å². The number of amides is 1. The number of nitrogens with two attached hydrogens (primary N) is 1. The minimum Gasteiger partial charge on any atom is -0.409 e. The van der Waals surface area contributed by atoms with E-state index in [1.807, 2.05) is 0 Å². The molecule has 1 rings (SSSR count). The third-order valence-electron chi connectivity index (χ3n) is 2.25. The topological polar surface area (TPSA) is 130 Å². The maximum Gasteiger partial charge on any atom is 0.276 e. The molecule has 0 aliphatic rings. The van der Waals surface area contributed by atoms with E-state index in [9.17, 15) is 4.79 Å². The number of methoxy groups -OCH3 is 1. The second kappa shape index (κ2) is 7.22. The molecule has 0 saturated carbocycles. The Morgan fingerprint density at radius 3 is 3.00 bits per heavy atom. The Morgan fingerprint density at radius 2 is 2.44 bits per heavy atom. The summed E-state index contributed by atoms with van der Waals surface area (Å²) < 4.78 is 4.92. The number of oxime groups is 1. The molecule has 0 fully saturated rings. The zero-order chi connectivity index (χ0) is 13.4. The van der Waals surface area contributed by atoms with Crippen LogP contribution >= 0.6 is 0 Å². The van der Waals surface area contributed by atoms with Crippen molar-refractivity contribution in [3.05, 3.63) is 11.9 Å². The van der Waals surface area contributed by atoms with Crippen molar-refractivity contribution >= 4 is 11.7 Å². The summed E-state index contributed by atoms with van der Waals surface area (Å²) in [5.74, 6) is -0.225. The Morgan fingerprint density at radius 1 is 1.67 bits per heavy atom. The lowest BCUT2D eigenvalue weighted by Gasteiger charge is -2.20. The Labute approximate surface area is 104 Å². The number of hydrogen-bond acceptors (Lipinski definition) is 6. The predicted molar refractivity (Wildman–Crippen MR) is 62.2 cm³/mol. The number of carbonyl (C=O) groups is 1. The highest BCUT2D eigenvalue weighted by Gasteiger charge is 2.18. The fraction of sp³-hybridized carbons (Fsp3) is 0.556. The Balaban J connectivity index is 2.62. The summed E-state index contributed by atoms with van der Waals surface area (Å²) in [5, 5.41) is 21.0. The van der Waals surface area contributed by atoms with Crippen LogP contribution in [0.5, 0.6) is 0 Å². The highest BCUT2D eigenvalue weighted by Crippen LogP contribution is 2.01. The smallest absolute Gasteiger partial charge is 0.276 e. The van der Waals surface area contributed by atoms with Crippen LogP contribution in [-0.4, -0.2) is 64.1 Å². The van der Waals surface area contributed by atoms with Crippen LogP contribution in [0.15, 0.2) is 11.4 Å². The van der Waals surface area contributed by atoms with Crippen LogP contribution in [0.2, 0.25) is 0 Å². The van der Waals surface area contributed by atoms with Gasteiger partial charge in [0.2, 0.25) is 0 Å². The van der Waals surface area contributed by atoms with Gasteiger partial charge in [-0.05, 0) is 0 Å². The van der Waals surface area contributed by atoms with Crippen molar-refractivity contribution in [3.63, 3.8) is 0 Å². The van der Waals surface area contributed by atoms with Crippen LogP contribution in [0.3, 0.4) is 0 Å². The van der Waals surface area contributed by atoms with E-state index >= 15 is 0 Å². The number of nitrogens with one attached hydrogen (secondary N) is 1. The summed E-state index contributed by atoms with van der Waals surface area (Å²) in [6, 6.07) is 0. The fourth-order valence-corrected chi connectivity index (χ4v) is 1.28. The van der Waals surface area contributed by atoms with E-state index in [1.54, 1.807) is 7.11 Å². The molecule has 0 aromatic carbocycles. The molecule has 0 saturated heterocycles. The van der Waals surface area contributed by atoms with E-state index in [0.717, 1.165) is 0 Å². The molecule has 1 heterocycles. The number of aromatic amines is 1. The van der Waals surface area contributed by atoms with Crippen molar-refractivity contribution in [2.75, 3.05) is 26.8 Å². The lowest BCUT2D eigenvalue weighted by molar-refractivity contribution is 0.0695. The number of carbonyl (C=O) groups excluding carboxylic acids is 1. The minimum atomic E-state index is -0.286. The monoisotopic (exact) mass is 256 g/mol. The van der Waals surface area contributed by atoms with Crippen LogP contribution in [0.1, 0.15) is 16.9 Å². The molecule has 18 heavy (non-hydrogen) atoms. The molecule has 0 radical (unpaired) electrons. The third kappa shape index (κ3) is 4.01. The molecule has 1 aromatic heterocycles. The molecule has 100 valence electrons. The molecule has 1 amide bonds. The average molecular weight is 256 g/mol. The maximum absolute atomic E-state index is 12.0. The highest BCUT2D eigenvalue weighted by atomic mass is 16.5. The predicted octanol–water partition coefficient (Wildman–Crippen LogP) is -0.970. The van der Waals surface area contributed by atoms with Crippen LogP contribution in [0.25, 0.3) is 0 Å². The molecule has 0 bridgehead atoms. The zero-order valence-corrected chi connectivity index (χ0v) is 10.0. The zero-order valence-electron chi connectivity index (χ0n) is 10.0. The van der Waals surface area contributed by atoms with Gasteiger partial charge in [0.05, 0.1) is 12.8 Å². The van der Waals surface area contributed by atoms with Gasteiger partial charge < -0.3 is 20.6 Å². The van der Waals surface area contributed by atoms with Crippen LogP contribution < -0.4 is 5.73 Å². The van der Waals surface area contributed by atoms with Crippen LogP contribution in [0, 0.1) is 0 Å². The quantitative estimate of drug-likeness (QED) is 0.249. The molecule has 0 unspecified atom stereocenters. The lowest BCUT2D eigenvalue weighted by atomic mass is 10.3. The SMILES string of the molecule is COCCN(CCC(N)=NO)C(=O)c1cn[nH]n1. The molecule has 0 spiro atoms. The van der Waals surface area contributed by atoms with Crippen LogP contribution in [0.4, 0.5) is 0 Å². The summed E-state index contributed by atoms with van der Waals surface area (Å²) in [7, 11) is 1.54. The van der Waals surface area contributed by atoms with E-state index in [2.05, 4.69) is 20.6 Å². The van der Waals surface area contributed by atoms with Crippen LogP contribution in [-0.2, 0) is 4.74 Å². The van der Waals surface area contributed by atoms with Crippen molar-refractivity contribution in [2.24, 2.45) is 10.9 Å². The van der Waals surface area contributed by atoms with Gasteiger partial charge in [0.15, 0.2) is 5.69 Å². The van der Waals surface area contributed by atoms with Gasteiger partial charge in [0.25, 0.3) is 5.91 Å². The van der Waals surface area contributed by atoms with Crippen molar-refractivity contribution in [1.82, 2.24) is 20.3 Å². The summed E-state index contributed by atoms with van der Waals surface area (Å²) in [4.78, 5) is 13.5. The molecule has 0 aliphatic carbocycles. The molecule has 9 heteroatoms. The summed E-state index contributed by atoms with van der Waals surface area (Å²) in [6.45, 7) is 1.09. The van der Waals surface area contributed by atoms with Crippen molar-refractivity contribution < 1.29 is 14.7 Å². The van der Waals surface area contributed by atoms with Crippen molar-refractivity contribution in [2.45, 2.75) is 6.42 Å². The van der Waals surface area contributed by atoms with Gasteiger partial charge in [-0.25, -0.2) is 0 Å². The van der Waals surface area contributed by atoms with Gasteiger partial charge in [-0.2, -0.15) is 15.4 Å². The number of H-pyrrole nitrogens is 1. The fourth-order valence-electron chi connectivity index (χ4n) is 1.28. The first-order chi connectivity index (χ1) is 8.69. The van der Waals surface area contributed by atoms with E-state index in [4.69, 9.17) is 15.7 Å². The molecule has 0 aliphatic heterocycles. The maximum atomic E-state index is 12.0. The molecule has 4 N–H and O–H groups in total. The average Bonchev–Trinajstić information content (AvgIpc) is 2.91. The number of rotatable bonds is 7. The van der Waals surface area contributed by atoms with Gasteiger partial charge in [0, 0.05) is 26.6 Å². The second-order valence-corrected chi connectivity index (χ2v) is 3.48. The number of aromatic nitrogens is 3. The van der Waals surface area contributed by atoms with Gasteiger partial charge >= 0.3 is 0 Å². The van der Waals surface area contributed by atoms with Gasteiger partial charge in [-0.3, -0.25) is 4.79 Å². The molecule has 9 nitrogen and oxygen atoms in total. The normalized spacial score (nSPS) is 11.5. The Kier molecular flexibility index (Phi) is 5.58. The number of hydrogen-bond donors (Lipinski definition) is 3. The number of nitrogens with zero attached hydrogens (tertiary/aromatic N) is 4. The Hall–Kier alpha value is -2.16. The lowest BCUT2D eigenvalue weighted by Crippen LogP contribution is -2.36. The number of amidine groups is 1. The van der Waals surface area contributed by atoms with E-state index in [-0.39, 0.29) is 23.9 Å².